The van der Waals surface area contributed by atoms with Gasteiger partial charge >= 0.3 is 11.9 Å². The van der Waals surface area contributed by atoms with Crippen LogP contribution < -0.4 is 11.1 Å². The molecule has 1 atom stereocenters. The van der Waals surface area contributed by atoms with E-state index in [1.165, 1.54) is 0 Å². The van der Waals surface area contributed by atoms with Gasteiger partial charge in [0.25, 0.3) is 0 Å². The Morgan fingerprint density at radius 1 is 1.39 bits per heavy atom. The molecule has 0 unspecified atom stereocenters. The summed E-state index contributed by atoms with van der Waals surface area (Å²) in [4.78, 5) is 33.3. The van der Waals surface area contributed by atoms with E-state index in [-0.39, 0.29) is 6.42 Å². The van der Waals surface area contributed by atoms with Gasteiger partial charge in [-0.1, -0.05) is 0 Å². The molecule has 0 aliphatic heterocycles. The van der Waals surface area contributed by atoms with E-state index in [9.17, 15) is 14.4 Å². The van der Waals surface area contributed by atoms with Crippen LogP contribution in [0.1, 0.15) is 33.1 Å². The fraction of sp³-hybridized carbons (Fsp3) is 0.727. The van der Waals surface area contributed by atoms with Crippen molar-refractivity contribution in [3.63, 3.8) is 0 Å². The van der Waals surface area contributed by atoms with E-state index in [0.29, 0.717) is 6.42 Å². The zero-order valence-corrected chi connectivity index (χ0v) is 10.9. The molecule has 1 amide bonds. The van der Waals surface area contributed by atoms with Gasteiger partial charge in [0, 0.05) is 12.0 Å². The SMILES string of the molecule is COC(=O)C[C@H](NC(=O)CCC(C)(C)N)C(=O)O. The van der Waals surface area contributed by atoms with Crippen molar-refractivity contribution in [2.45, 2.75) is 44.7 Å². The summed E-state index contributed by atoms with van der Waals surface area (Å²) in [7, 11) is 1.15. The first-order valence-electron chi connectivity index (χ1n) is 5.53. The number of esters is 1. The van der Waals surface area contributed by atoms with Crippen molar-refractivity contribution in [1.29, 1.82) is 0 Å². The minimum Gasteiger partial charge on any atom is -0.480 e. The first-order chi connectivity index (χ1) is 8.15. The van der Waals surface area contributed by atoms with Gasteiger partial charge in [0.05, 0.1) is 13.5 Å². The Hall–Kier alpha value is -1.63. The molecular weight excluding hydrogens is 240 g/mol. The van der Waals surface area contributed by atoms with E-state index in [2.05, 4.69) is 10.1 Å². The van der Waals surface area contributed by atoms with Crippen LogP contribution in [0.5, 0.6) is 0 Å². The van der Waals surface area contributed by atoms with E-state index in [1.54, 1.807) is 13.8 Å². The molecule has 0 heterocycles. The van der Waals surface area contributed by atoms with Crippen molar-refractivity contribution in [2.75, 3.05) is 7.11 Å². The van der Waals surface area contributed by atoms with Gasteiger partial charge in [0.2, 0.25) is 5.91 Å². The van der Waals surface area contributed by atoms with Crippen molar-refractivity contribution in [2.24, 2.45) is 5.73 Å². The van der Waals surface area contributed by atoms with Gasteiger partial charge in [-0.05, 0) is 20.3 Å². The van der Waals surface area contributed by atoms with Crippen molar-refractivity contribution >= 4 is 17.8 Å². The lowest BCUT2D eigenvalue weighted by Crippen LogP contribution is -2.43. The monoisotopic (exact) mass is 260 g/mol. The largest absolute Gasteiger partial charge is 0.480 e. The molecule has 0 aliphatic carbocycles. The predicted molar refractivity (Wildman–Crippen MR) is 63.7 cm³/mol. The Balaban J connectivity index is 4.29. The summed E-state index contributed by atoms with van der Waals surface area (Å²) in [5, 5.41) is 11.1. The maximum atomic E-state index is 11.5. The Kier molecular flexibility index (Phi) is 6.32. The lowest BCUT2D eigenvalue weighted by Gasteiger charge is -2.19. The fourth-order valence-corrected chi connectivity index (χ4v) is 1.15. The molecule has 0 saturated heterocycles. The molecule has 0 aromatic rings. The van der Waals surface area contributed by atoms with Gasteiger partial charge in [0.1, 0.15) is 6.04 Å². The van der Waals surface area contributed by atoms with Crippen LogP contribution in [0.3, 0.4) is 0 Å². The molecular formula is C11H20N2O5. The zero-order chi connectivity index (χ0) is 14.3. The number of hydrogen-bond acceptors (Lipinski definition) is 5. The Labute approximate surface area is 106 Å². The van der Waals surface area contributed by atoms with E-state index in [1.807, 2.05) is 0 Å². The van der Waals surface area contributed by atoms with Crippen LogP contribution in [-0.4, -0.2) is 41.6 Å². The summed E-state index contributed by atoms with van der Waals surface area (Å²) >= 11 is 0. The quantitative estimate of drug-likeness (QED) is 0.538. The third kappa shape index (κ3) is 7.61. The smallest absolute Gasteiger partial charge is 0.326 e. The third-order valence-electron chi connectivity index (χ3n) is 2.23. The van der Waals surface area contributed by atoms with Crippen LogP contribution in [0.4, 0.5) is 0 Å². The second kappa shape index (κ2) is 6.95. The van der Waals surface area contributed by atoms with Crippen LogP contribution in [-0.2, 0) is 19.1 Å². The molecule has 7 heteroatoms. The normalized spacial score (nSPS) is 12.7. The predicted octanol–water partition coefficient (Wildman–Crippen LogP) is -0.364. The summed E-state index contributed by atoms with van der Waals surface area (Å²) < 4.78 is 4.35. The molecule has 0 aliphatic rings. The Morgan fingerprint density at radius 3 is 2.33 bits per heavy atom. The van der Waals surface area contributed by atoms with E-state index < -0.39 is 35.8 Å². The highest BCUT2D eigenvalue weighted by molar-refractivity contribution is 5.87. The standard InChI is InChI=1S/C11H20N2O5/c1-11(2,12)5-4-8(14)13-7(10(16)17)6-9(15)18-3/h7H,4-6,12H2,1-3H3,(H,13,14)(H,16,17)/t7-/m0/s1. The average molecular weight is 260 g/mol. The first kappa shape index (κ1) is 16.4. The van der Waals surface area contributed by atoms with Crippen LogP contribution in [0, 0.1) is 0 Å². The Bertz CT molecular complexity index is 322. The maximum Gasteiger partial charge on any atom is 0.326 e. The molecule has 0 bridgehead atoms. The van der Waals surface area contributed by atoms with Crippen LogP contribution in [0.25, 0.3) is 0 Å². The second-order valence-corrected chi connectivity index (χ2v) is 4.73. The van der Waals surface area contributed by atoms with Gasteiger partial charge in [-0.15, -0.1) is 0 Å². The summed E-state index contributed by atoms with van der Waals surface area (Å²) in [6.45, 7) is 3.53. The number of amides is 1. The van der Waals surface area contributed by atoms with E-state index in [0.717, 1.165) is 7.11 Å². The topological polar surface area (TPSA) is 119 Å². The molecule has 0 radical (unpaired) electrons. The van der Waals surface area contributed by atoms with Crippen LogP contribution in [0.2, 0.25) is 0 Å². The van der Waals surface area contributed by atoms with Crippen LogP contribution in [0.15, 0.2) is 0 Å². The number of aliphatic carboxylic acids is 1. The number of carboxylic acid groups (broad SMARTS) is 1. The number of hydrogen-bond donors (Lipinski definition) is 3. The summed E-state index contributed by atoms with van der Waals surface area (Å²) in [6, 6.07) is -1.27. The number of nitrogens with two attached hydrogens (primary N) is 1. The summed E-state index contributed by atoms with van der Waals surface area (Å²) in [6.07, 6.45) is 0.126. The molecule has 0 aromatic carbocycles. The molecule has 0 aromatic heterocycles. The highest BCUT2D eigenvalue weighted by Gasteiger charge is 2.24. The number of ether oxygens (including phenoxy) is 1. The highest BCUT2D eigenvalue weighted by Crippen LogP contribution is 2.07. The molecule has 0 spiro atoms. The fourth-order valence-electron chi connectivity index (χ4n) is 1.15. The zero-order valence-electron chi connectivity index (χ0n) is 10.9. The van der Waals surface area contributed by atoms with Gasteiger partial charge in [0.15, 0.2) is 0 Å². The number of methoxy groups -OCH3 is 1. The first-order valence-corrected chi connectivity index (χ1v) is 5.53. The van der Waals surface area contributed by atoms with Gasteiger partial charge < -0.3 is 20.9 Å². The number of nitrogens with one attached hydrogen (secondary N) is 1. The highest BCUT2D eigenvalue weighted by atomic mass is 16.5. The van der Waals surface area contributed by atoms with Gasteiger partial charge in [-0.3, -0.25) is 9.59 Å². The van der Waals surface area contributed by atoms with Crippen molar-refractivity contribution in [3.8, 4) is 0 Å². The minimum atomic E-state index is -1.28. The van der Waals surface area contributed by atoms with Crippen molar-refractivity contribution in [1.82, 2.24) is 5.32 Å². The molecule has 104 valence electrons. The number of carboxylic acids is 1. The third-order valence-corrected chi connectivity index (χ3v) is 2.23. The maximum absolute atomic E-state index is 11.5. The van der Waals surface area contributed by atoms with Gasteiger partial charge in [-0.25, -0.2) is 4.79 Å². The number of carbonyl (C=O) groups excluding carboxylic acids is 2. The summed E-state index contributed by atoms with van der Waals surface area (Å²) in [5.41, 5.74) is 5.20. The molecule has 0 saturated carbocycles. The van der Waals surface area contributed by atoms with E-state index in [4.69, 9.17) is 10.8 Å². The summed E-state index contributed by atoms with van der Waals surface area (Å²) in [5.74, 6) is -2.42. The lowest BCUT2D eigenvalue weighted by atomic mass is 10.00. The number of rotatable bonds is 7. The minimum absolute atomic E-state index is 0.106. The molecule has 4 N–H and O–H groups in total. The lowest BCUT2D eigenvalue weighted by molar-refractivity contribution is -0.148. The van der Waals surface area contributed by atoms with Crippen LogP contribution >= 0.6 is 0 Å². The molecule has 0 fully saturated rings. The number of carbonyl (C=O) groups is 3. The van der Waals surface area contributed by atoms with Crippen molar-refractivity contribution < 1.29 is 24.2 Å². The van der Waals surface area contributed by atoms with E-state index >= 15 is 0 Å². The molecule has 7 nitrogen and oxygen atoms in total. The Morgan fingerprint density at radius 2 is 1.94 bits per heavy atom. The molecule has 0 rings (SSSR count). The average Bonchev–Trinajstić information content (AvgIpc) is 2.24. The van der Waals surface area contributed by atoms with Crippen molar-refractivity contribution in [3.05, 3.63) is 0 Å². The second-order valence-electron chi connectivity index (χ2n) is 4.73. The van der Waals surface area contributed by atoms with Gasteiger partial charge in [-0.2, -0.15) is 0 Å². The molecule has 18 heavy (non-hydrogen) atoms.